The van der Waals surface area contributed by atoms with Crippen molar-refractivity contribution in [3.63, 3.8) is 0 Å². The van der Waals surface area contributed by atoms with E-state index in [-0.39, 0.29) is 29.4 Å². The van der Waals surface area contributed by atoms with Gasteiger partial charge < -0.3 is 20.8 Å². The van der Waals surface area contributed by atoms with E-state index in [1.165, 1.54) is 0 Å². The molecule has 1 amide bonds. The fourth-order valence-electron chi connectivity index (χ4n) is 3.94. The molecule has 1 aromatic rings. The summed E-state index contributed by atoms with van der Waals surface area (Å²) in [6.45, 7) is 6.72. The lowest BCUT2D eigenvalue weighted by atomic mass is 9.46. The van der Waals surface area contributed by atoms with E-state index in [1.54, 1.807) is 12.4 Å². The van der Waals surface area contributed by atoms with Crippen molar-refractivity contribution < 1.29 is 9.53 Å². The average Bonchev–Trinajstić information content (AvgIpc) is 3.00. The fourth-order valence-corrected chi connectivity index (χ4v) is 3.94. The number of rotatable bonds is 3. The molecule has 4 atom stereocenters. The van der Waals surface area contributed by atoms with Crippen molar-refractivity contribution in [2.45, 2.75) is 51.3 Å². The van der Waals surface area contributed by atoms with Gasteiger partial charge in [0.15, 0.2) is 0 Å². The number of amides is 1. The van der Waals surface area contributed by atoms with Crippen LogP contribution in [0.15, 0.2) is 12.4 Å². The highest BCUT2D eigenvalue weighted by molar-refractivity contribution is 5.89. The summed E-state index contributed by atoms with van der Waals surface area (Å²) < 4.78 is 5.84. The summed E-state index contributed by atoms with van der Waals surface area (Å²) in [4.78, 5) is 20.0. The second-order valence-corrected chi connectivity index (χ2v) is 6.80. The van der Waals surface area contributed by atoms with Gasteiger partial charge in [-0.2, -0.15) is 0 Å². The Labute approximate surface area is 124 Å². The molecule has 3 rings (SSSR count). The number of nitrogens with two attached hydrogens (primary N) is 1. The molecule has 2 heterocycles. The molecule has 0 radical (unpaired) electrons. The molecule has 6 heteroatoms. The number of aromatic amines is 1. The van der Waals surface area contributed by atoms with Gasteiger partial charge in [0.1, 0.15) is 11.4 Å². The molecule has 0 aromatic carbocycles. The van der Waals surface area contributed by atoms with Crippen LogP contribution in [-0.4, -0.2) is 34.1 Å². The van der Waals surface area contributed by atoms with Crippen LogP contribution in [0.4, 0.5) is 0 Å². The summed E-state index contributed by atoms with van der Waals surface area (Å²) in [5.74, 6) is 0.730. The monoisotopic (exact) mass is 292 g/mol. The van der Waals surface area contributed by atoms with Crippen LogP contribution in [0.2, 0.25) is 0 Å². The number of nitrogens with zero attached hydrogens (tertiary/aromatic N) is 1. The lowest BCUT2D eigenvalue weighted by Gasteiger charge is -2.65. The smallest absolute Gasteiger partial charge is 0.241 e. The van der Waals surface area contributed by atoms with Gasteiger partial charge in [0.2, 0.25) is 5.91 Å². The maximum Gasteiger partial charge on any atom is 0.241 e. The molecule has 0 bridgehead atoms. The highest BCUT2D eigenvalue weighted by Crippen LogP contribution is 2.57. The molecule has 1 aromatic heterocycles. The maximum absolute atomic E-state index is 12.8. The first kappa shape index (κ1) is 14.5. The molecular formula is C15H24N4O2. The normalized spacial score (nSPS) is 35.4. The molecule has 2 aliphatic rings. The summed E-state index contributed by atoms with van der Waals surface area (Å²) in [6.07, 6.45) is 5.42. The van der Waals surface area contributed by atoms with Crippen molar-refractivity contribution in [2.24, 2.45) is 17.1 Å². The number of carbonyl (C=O) groups excluding carboxylic acids is 1. The third-order valence-corrected chi connectivity index (χ3v) is 5.34. The van der Waals surface area contributed by atoms with Crippen molar-refractivity contribution in [1.29, 1.82) is 0 Å². The van der Waals surface area contributed by atoms with Crippen LogP contribution in [0.25, 0.3) is 0 Å². The Morgan fingerprint density at radius 3 is 3.05 bits per heavy atom. The molecule has 1 aliphatic carbocycles. The van der Waals surface area contributed by atoms with E-state index in [4.69, 9.17) is 10.5 Å². The zero-order valence-electron chi connectivity index (χ0n) is 12.8. The van der Waals surface area contributed by atoms with Gasteiger partial charge >= 0.3 is 0 Å². The van der Waals surface area contributed by atoms with Crippen molar-refractivity contribution in [3.05, 3.63) is 18.2 Å². The van der Waals surface area contributed by atoms with E-state index in [0.717, 1.165) is 25.3 Å². The van der Waals surface area contributed by atoms with E-state index in [0.29, 0.717) is 0 Å². The predicted molar refractivity (Wildman–Crippen MR) is 78.3 cm³/mol. The first-order chi connectivity index (χ1) is 9.89. The van der Waals surface area contributed by atoms with Gasteiger partial charge in [0.05, 0.1) is 12.1 Å². The first-order valence-electron chi connectivity index (χ1n) is 7.59. The second-order valence-electron chi connectivity index (χ2n) is 6.80. The summed E-state index contributed by atoms with van der Waals surface area (Å²) >= 11 is 0. The summed E-state index contributed by atoms with van der Waals surface area (Å²) in [6, 6.07) is -0.188. The Bertz CT molecular complexity index is 528. The minimum Gasteiger partial charge on any atom is -0.377 e. The molecule has 4 N–H and O–H groups in total. The molecule has 1 saturated carbocycles. The van der Waals surface area contributed by atoms with Gasteiger partial charge in [-0.1, -0.05) is 13.8 Å². The molecule has 6 nitrogen and oxygen atoms in total. The molecule has 21 heavy (non-hydrogen) atoms. The quantitative estimate of drug-likeness (QED) is 0.778. The lowest BCUT2D eigenvalue weighted by molar-refractivity contribution is -0.225. The van der Waals surface area contributed by atoms with Crippen molar-refractivity contribution in [3.8, 4) is 0 Å². The zero-order valence-corrected chi connectivity index (χ0v) is 12.8. The Balaban J connectivity index is 1.77. The number of carbonyl (C=O) groups is 1. The third-order valence-electron chi connectivity index (χ3n) is 5.34. The zero-order chi connectivity index (χ0) is 15.3. The van der Waals surface area contributed by atoms with Crippen molar-refractivity contribution in [1.82, 2.24) is 15.3 Å². The lowest BCUT2D eigenvalue weighted by Crippen LogP contribution is -2.82. The van der Waals surface area contributed by atoms with E-state index in [9.17, 15) is 4.79 Å². The number of fused-ring (bicyclic) bond motifs is 1. The number of hydrogen-bond donors (Lipinski definition) is 3. The number of hydrogen-bond acceptors (Lipinski definition) is 4. The van der Waals surface area contributed by atoms with E-state index in [2.05, 4.69) is 15.3 Å². The third kappa shape index (κ3) is 1.92. The first-order valence-corrected chi connectivity index (χ1v) is 7.59. The number of ether oxygens (including phenoxy) is 1. The van der Waals surface area contributed by atoms with Crippen LogP contribution in [0.1, 0.15) is 45.5 Å². The number of aromatic nitrogens is 2. The maximum atomic E-state index is 12.8. The van der Waals surface area contributed by atoms with E-state index in [1.807, 2.05) is 20.8 Å². The highest BCUT2D eigenvalue weighted by atomic mass is 16.5. The van der Waals surface area contributed by atoms with Gasteiger partial charge in [-0.3, -0.25) is 4.79 Å². The average molecular weight is 292 g/mol. The molecule has 0 spiro atoms. The minimum absolute atomic E-state index is 0.0842. The van der Waals surface area contributed by atoms with Crippen LogP contribution in [0, 0.1) is 11.3 Å². The van der Waals surface area contributed by atoms with Gasteiger partial charge in [0, 0.05) is 30.3 Å². The standard InChI is InChI=1S/C15H24N4O2/c1-9(12-17-6-7-18-12)19-13(20)15(16)10-5-4-8-21-11(10)14(15,2)3/h6-7,9-11H,4-5,8,16H2,1-3H3,(H,17,18)(H,19,20). The minimum atomic E-state index is -0.876. The Kier molecular flexibility index (Phi) is 3.33. The van der Waals surface area contributed by atoms with Gasteiger partial charge in [-0.05, 0) is 19.8 Å². The summed E-state index contributed by atoms with van der Waals surface area (Å²) in [5.41, 5.74) is 5.33. The van der Waals surface area contributed by atoms with E-state index < -0.39 is 5.54 Å². The number of nitrogens with one attached hydrogen (secondary N) is 2. The Morgan fingerprint density at radius 1 is 1.62 bits per heavy atom. The number of H-pyrrole nitrogens is 1. The van der Waals surface area contributed by atoms with Crippen LogP contribution >= 0.6 is 0 Å². The van der Waals surface area contributed by atoms with Gasteiger partial charge in [-0.15, -0.1) is 0 Å². The van der Waals surface area contributed by atoms with Crippen LogP contribution in [0.5, 0.6) is 0 Å². The van der Waals surface area contributed by atoms with Crippen molar-refractivity contribution >= 4 is 5.91 Å². The summed E-state index contributed by atoms with van der Waals surface area (Å²) in [5, 5.41) is 3.00. The SMILES string of the molecule is CC(NC(=O)C1(N)C2CCCOC2C1(C)C)c1ncc[nH]1. The molecule has 2 fully saturated rings. The molecule has 116 valence electrons. The van der Waals surface area contributed by atoms with E-state index >= 15 is 0 Å². The van der Waals surface area contributed by atoms with Crippen LogP contribution < -0.4 is 11.1 Å². The Morgan fingerprint density at radius 2 is 2.38 bits per heavy atom. The molecule has 1 saturated heterocycles. The summed E-state index contributed by atoms with van der Waals surface area (Å²) in [7, 11) is 0. The largest absolute Gasteiger partial charge is 0.377 e. The van der Waals surface area contributed by atoms with Gasteiger partial charge in [-0.25, -0.2) is 4.98 Å². The highest BCUT2D eigenvalue weighted by Gasteiger charge is 2.70. The molecular weight excluding hydrogens is 268 g/mol. The van der Waals surface area contributed by atoms with Crippen LogP contribution in [-0.2, 0) is 9.53 Å². The van der Waals surface area contributed by atoms with Gasteiger partial charge in [0.25, 0.3) is 0 Å². The van der Waals surface area contributed by atoms with Crippen molar-refractivity contribution in [2.75, 3.05) is 6.61 Å². The topological polar surface area (TPSA) is 93.0 Å². The predicted octanol–water partition coefficient (Wildman–Crippen LogP) is 1.12. The molecule has 4 unspecified atom stereocenters. The second kappa shape index (κ2) is 4.81. The number of imidazole rings is 1. The van der Waals surface area contributed by atoms with Crippen LogP contribution in [0.3, 0.4) is 0 Å². The fraction of sp³-hybridized carbons (Fsp3) is 0.733. The molecule has 1 aliphatic heterocycles. The Hall–Kier alpha value is -1.40.